The van der Waals surface area contributed by atoms with Crippen LogP contribution in [0.3, 0.4) is 0 Å². The Kier molecular flexibility index (Phi) is 7.37. The smallest absolute Gasteiger partial charge is 0.353 e. The Morgan fingerprint density at radius 2 is 2.29 bits per heavy atom. The largest absolute Gasteiger partial charge is 0.477 e. The van der Waals surface area contributed by atoms with Crippen LogP contribution in [0.1, 0.15) is 12.1 Å². The number of rotatable bonds is 9. The molecule has 0 saturated carbocycles. The van der Waals surface area contributed by atoms with Crippen molar-refractivity contribution in [2.24, 2.45) is 12.2 Å². The number of amides is 2. The van der Waals surface area contributed by atoms with Crippen molar-refractivity contribution in [1.29, 1.82) is 0 Å². The Balaban J connectivity index is 1.54. The lowest BCUT2D eigenvalue weighted by Gasteiger charge is -2.48. The summed E-state index contributed by atoms with van der Waals surface area (Å²) in [5.74, 6) is -1.71. The Morgan fingerprint density at radius 3 is 2.89 bits per heavy atom. The summed E-state index contributed by atoms with van der Waals surface area (Å²) in [4.78, 5) is 47.7. The van der Waals surface area contributed by atoms with Crippen molar-refractivity contribution >= 4 is 63.5 Å². The third-order valence-corrected chi connectivity index (χ3v) is 7.77. The van der Waals surface area contributed by atoms with Gasteiger partial charge in [0.25, 0.3) is 5.91 Å². The number of nitrogen functional groups attached to an aromatic ring is 1. The second-order valence-corrected chi connectivity index (χ2v) is 10.1. The van der Waals surface area contributed by atoms with E-state index < -0.39 is 23.3 Å². The number of nitrogens with two attached hydrogens (primary N) is 1. The number of aliphatic carboxylic acids is 1. The van der Waals surface area contributed by atoms with Gasteiger partial charge in [0.2, 0.25) is 11.1 Å². The van der Waals surface area contributed by atoms with E-state index in [1.165, 1.54) is 28.5 Å². The molecule has 2 atom stereocenters. The molecule has 4 rings (SSSR count). The van der Waals surface area contributed by atoms with Crippen LogP contribution in [-0.4, -0.2) is 83.0 Å². The van der Waals surface area contributed by atoms with Gasteiger partial charge < -0.3 is 21.0 Å². The van der Waals surface area contributed by atoms with E-state index in [1.807, 2.05) is 0 Å². The lowest BCUT2D eigenvalue weighted by molar-refractivity contribution is -0.149. The molecule has 184 valence electrons. The minimum atomic E-state index is -1.23. The maximum atomic E-state index is 13.0. The lowest BCUT2D eigenvalue weighted by atomic mass is 9.99. The average molecular weight is 538 g/mol. The van der Waals surface area contributed by atoms with E-state index in [0.29, 0.717) is 15.8 Å². The summed E-state index contributed by atoms with van der Waals surface area (Å²) in [6.45, 7) is 0. The van der Waals surface area contributed by atoms with Gasteiger partial charge in [-0.1, -0.05) is 34.8 Å². The van der Waals surface area contributed by atoms with E-state index in [1.54, 1.807) is 24.6 Å². The van der Waals surface area contributed by atoms with Crippen molar-refractivity contribution in [1.82, 2.24) is 35.4 Å². The molecule has 35 heavy (non-hydrogen) atoms. The number of aryl methyl sites for hydroxylation is 1. The number of nitrogens with one attached hydrogen (secondary N) is 1. The Bertz CT molecular complexity index is 1250. The molecular formula is C18H19N9O5S3. The van der Waals surface area contributed by atoms with Gasteiger partial charge >= 0.3 is 5.97 Å². The first kappa shape index (κ1) is 24.7. The Morgan fingerprint density at radius 1 is 1.49 bits per heavy atom. The average Bonchev–Trinajstić information content (AvgIpc) is 3.42. The molecule has 2 aliphatic heterocycles. The molecular weight excluding hydrogens is 518 g/mol. The van der Waals surface area contributed by atoms with Crippen LogP contribution in [0.15, 0.2) is 38.4 Å². The highest BCUT2D eigenvalue weighted by Crippen LogP contribution is 2.43. The number of aromatic nitrogens is 5. The molecule has 0 spiro atoms. The second-order valence-electron chi connectivity index (χ2n) is 7.06. The molecule has 0 aliphatic carbocycles. The quantitative estimate of drug-likeness (QED) is 0.169. The van der Waals surface area contributed by atoms with Gasteiger partial charge in [-0.2, -0.15) is 0 Å². The maximum absolute atomic E-state index is 13.0. The normalized spacial score (nSPS) is 20.1. The zero-order chi connectivity index (χ0) is 25.1. The van der Waals surface area contributed by atoms with Gasteiger partial charge in [-0.3, -0.25) is 14.5 Å². The highest BCUT2D eigenvalue weighted by atomic mass is 32.2. The van der Waals surface area contributed by atoms with Crippen LogP contribution < -0.4 is 11.1 Å². The van der Waals surface area contributed by atoms with Crippen LogP contribution in [0.5, 0.6) is 0 Å². The zero-order valence-electron chi connectivity index (χ0n) is 18.3. The number of β-lactam (4-membered cyclic amide) rings is 1. The third-order valence-electron chi connectivity index (χ3n) is 4.86. The van der Waals surface area contributed by atoms with Crippen LogP contribution in [0.4, 0.5) is 5.13 Å². The Labute approximate surface area is 210 Å². The van der Waals surface area contributed by atoms with E-state index >= 15 is 0 Å². The molecule has 2 aromatic heterocycles. The highest BCUT2D eigenvalue weighted by molar-refractivity contribution is 8.04. The number of anilines is 1. The number of thioether (sulfide) groups is 2. The summed E-state index contributed by atoms with van der Waals surface area (Å²) < 4.78 is 1.51. The molecule has 2 aromatic rings. The van der Waals surface area contributed by atoms with Crippen molar-refractivity contribution in [2.45, 2.75) is 23.0 Å². The van der Waals surface area contributed by atoms with Crippen molar-refractivity contribution in [3.05, 3.63) is 33.8 Å². The number of carbonyl (C=O) groups is 3. The number of carbonyl (C=O) groups excluding carboxylic acids is 2. The third kappa shape index (κ3) is 5.15. The molecule has 2 unspecified atom stereocenters. The first-order valence-electron chi connectivity index (χ1n) is 9.91. The monoisotopic (exact) mass is 537 g/mol. The topological polar surface area (TPSA) is 191 Å². The zero-order valence-corrected chi connectivity index (χ0v) is 20.8. The summed E-state index contributed by atoms with van der Waals surface area (Å²) in [5, 5.41) is 29.4. The number of oxime groups is 1. The van der Waals surface area contributed by atoms with Crippen LogP contribution >= 0.6 is 34.9 Å². The molecule has 1 fully saturated rings. The summed E-state index contributed by atoms with van der Waals surface area (Å²) in [6, 6.07) is -0.525. The number of nitrogens with zero attached hydrogens (tertiary/aromatic N) is 7. The van der Waals surface area contributed by atoms with E-state index in [9.17, 15) is 19.5 Å². The number of fused-ring (bicyclic) bond motifs is 1. The SMILES string of the molecule is CON=C(C(=O)NC1SC(/C=C/CSc2nnnn2C)=C(C(=O)O)N2C(=O)CC12)c1csc(N)n1. The van der Waals surface area contributed by atoms with Crippen molar-refractivity contribution in [3.8, 4) is 0 Å². The first-order chi connectivity index (χ1) is 16.8. The summed E-state index contributed by atoms with van der Waals surface area (Å²) in [6.07, 6.45) is 3.45. The van der Waals surface area contributed by atoms with Crippen LogP contribution in [-0.2, 0) is 26.3 Å². The fourth-order valence-electron chi connectivity index (χ4n) is 3.33. The molecule has 17 heteroatoms. The molecule has 4 heterocycles. The Hall–Kier alpha value is -3.44. The van der Waals surface area contributed by atoms with Gasteiger partial charge in [0.15, 0.2) is 10.8 Å². The standard InChI is InChI=1S/C18H19N9O5S3/c1-26-18(22-24-25-26)33-5-3-4-10-13(16(30)31)27-9(6-11(27)28)15(35-10)21-14(29)12(23-32-2)8-7-34-17(19)20-8/h3-4,7,9,15H,5-6H2,1-2H3,(H2,19,20)(H,21,29)(H,30,31)/b4-3+,23-12?. The van der Waals surface area contributed by atoms with Gasteiger partial charge in [0.05, 0.1) is 12.5 Å². The summed E-state index contributed by atoms with van der Waals surface area (Å²) >= 11 is 3.64. The number of carboxylic acid groups (broad SMARTS) is 1. The summed E-state index contributed by atoms with van der Waals surface area (Å²) in [7, 11) is 3.00. The molecule has 0 aromatic carbocycles. The molecule has 4 N–H and O–H groups in total. The number of carboxylic acids is 1. The van der Waals surface area contributed by atoms with Crippen molar-refractivity contribution in [2.75, 3.05) is 18.6 Å². The molecule has 0 bridgehead atoms. The first-order valence-corrected chi connectivity index (χ1v) is 12.7. The van der Waals surface area contributed by atoms with E-state index in [4.69, 9.17) is 10.6 Å². The fraction of sp³-hybridized carbons (Fsp3) is 0.333. The van der Waals surface area contributed by atoms with Crippen LogP contribution in [0.25, 0.3) is 0 Å². The van der Waals surface area contributed by atoms with E-state index in [2.05, 4.69) is 31.0 Å². The van der Waals surface area contributed by atoms with E-state index in [-0.39, 0.29) is 34.6 Å². The minimum absolute atomic E-state index is 0.0861. The molecule has 1 saturated heterocycles. The lowest BCUT2D eigenvalue weighted by Crippen LogP contribution is -2.63. The predicted octanol–water partition coefficient (Wildman–Crippen LogP) is 0.0340. The van der Waals surface area contributed by atoms with Gasteiger partial charge in [-0.05, 0) is 16.5 Å². The highest BCUT2D eigenvalue weighted by Gasteiger charge is 2.50. The number of allylic oxidation sites excluding steroid dienone is 1. The second kappa shape index (κ2) is 10.4. The molecule has 2 amide bonds. The van der Waals surface area contributed by atoms with Gasteiger partial charge in [-0.15, -0.1) is 16.4 Å². The number of hydrogen-bond acceptors (Lipinski definition) is 13. The number of thiazole rings is 1. The predicted molar refractivity (Wildman–Crippen MR) is 128 cm³/mol. The fourth-order valence-corrected chi connectivity index (χ4v) is 5.82. The minimum Gasteiger partial charge on any atom is -0.477 e. The van der Waals surface area contributed by atoms with Crippen LogP contribution in [0.2, 0.25) is 0 Å². The van der Waals surface area contributed by atoms with Crippen molar-refractivity contribution < 1.29 is 24.3 Å². The van der Waals surface area contributed by atoms with Crippen LogP contribution in [0, 0.1) is 0 Å². The maximum Gasteiger partial charge on any atom is 0.353 e. The molecule has 14 nitrogen and oxygen atoms in total. The van der Waals surface area contributed by atoms with Crippen molar-refractivity contribution in [3.63, 3.8) is 0 Å². The van der Waals surface area contributed by atoms with Gasteiger partial charge in [0, 0.05) is 23.1 Å². The number of hydrogen-bond donors (Lipinski definition) is 3. The summed E-state index contributed by atoms with van der Waals surface area (Å²) in [5.41, 5.74) is 5.70. The molecule has 2 aliphatic rings. The number of tetrazole rings is 1. The van der Waals surface area contributed by atoms with E-state index in [0.717, 1.165) is 23.1 Å². The van der Waals surface area contributed by atoms with Gasteiger partial charge in [0.1, 0.15) is 23.9 Å². The van der Waals surface area contributed by atoms with Gasteiger partial charge in [-0.25, -0.2) is 14.5 Å². The molecule has 0 radical (unpaired) electrons.